The summed E-state index contributed by atoms with van der Waals surface area (Å²) in [4.78, 5) is 11.5. The van der Waals surface area contributed by atoms with Crippen molar-refractivity contribution < 1.29 is 14.3 Å². The molecule has 0 aromatic rings. The van der Waals surface area contributed by atoms with Crippen molar-refractivity contribution in [3.05, 3.63) is 0 Å². The Morgan fingerprint density at radius 2 is 1.94 bits per heavy atom. The Hall–Kier alpha value is -0.570. The fourth-order valence-corrected chi connectivity index (χ4v) is 1.99. The van der Waals surface area contributed by atoms with Crippen LogP contribution in [0.4, 0.5) is 0 Å². The average molecular weight is 228 g/mol. The Morgan fingerprint density at radius 1 is 1.19 bits per heavy atom. The normalized spacial score (nSPS) is 17.3. The lowest BCUT2D eigenvalue weighted by molar-refractivity contribution is -0.150. The summed E-state index contributed by atoms with van der Waals surface area (Å²) in [7, 11) is 0. The lowest BCUT2D eigenvalue weighted by Crippen LogP contribution is -2.20. The molecule has 0 radical (unpaired) electrons. The number of rotatable bonds is 7. The van der Waals surface area contributed by atoms with Crippen molar-refractivity contribution in [2.45, 2.75) is 64.4 Å². The van der Waals surface area contributed by atoms with Crippen LogP contribution in [-0.4, -0.2) is 25.3 Å². The predicted octanol–water partition coefficient (Wildman–Crippen LogP) is 3.07. The summed E-state index contributed by atoms with van der Waals surface area (Å²) >= 11 is 0. The molecule has 1 saturated carbocycles. The minimum absolute atomic E-state index is 0.0491. The van der Waals surface area contributed by atoms with Gasteiger partial charge in [0.05, 0.1) is 0 Å². The van der Waals surface area contributed by atoms with Gasteiger partial charge in [-0.1, -0.05) is 13.3 Å². The van der Waals surface area contributed by atoms with Crippen LogP contribution in [0.15, 0.2) is 0 Å². The smallest absolute Gasteiger partial charge is 0.306 e. The molecule has 0 amide bonds. The van der Waals surface area contributed by atoms with E-state index in [4.69, 9.17) is 9.47 Å². The minimum atomic E-state index is -0.0491. The number of hydrogen-bond donors (Lipinski definition) is 0. The molecular formula is C13H24O3. The van der Waals surface area contributed by atoms with Crippen molar-refractivity contribution in [1.29, 1.82) is 0 Å². The van der Waals surface area contributed by atoms with Gasteiger partial charge in [-0.3, -0.25) is 4.79 Å². The first-order chi connectivity index (χ1) is 7.83. The van der Waals surface area contributed by atoms with Gasteiger partial charge >= 0.3 is 5.97 Å². The zero-order chi connectivity index (χ0) is 11.6. The largest absolute Gasteiger partial charge is 0.462 e. The van der Waals surface area contributed by atoms with E-state index in [2.05, 4.69) is 6.92 Å². The minimum Gasteiger partial charge on any atom is -0.462 e. The quantitative estimate of drug-likeness (QED) is 0.496. The Balaban J connectivity index is 1.97. The lowest BCUT2D eigenvalue weighted by Gasteiger charge is -2.21. The molecule has 94 valence electrons. The molecule has 0 bridgehead atoms. The van der Waals surface area contributed by atoms with Gasteiger partial charge < -0.3 is 9.47 Å². The van der Waals surface area contributed by atoms with Crippen LogP contribution < -0.4 is 0 Å². The van der Waals surface area contributed by atoms with Crippen molar-refractivity contribution in [1.82, 2.24) is 0 Å². The van der Waals surface area contributed by atoms with E-state index in [0.717, 1.165) is 32.3 Å². The standard InChI is InChI=1S/C13H24O3/c1-2-10-15-11-6-9-13(14)16-12-7-4-3-5-8-12/h12H,2-11H2,1H3. The molecule has 1 rings (SSSR count). The number of esters is 1. The maximum absolute atomic E-state index is 11.5. The van der Waals surface area contributed by atoms with Crippen LogP contribution in [0.25, 0.3) is 0 Å². The zero-order valence-electron chi connectivity index (χ0n) is 10.4. The Morgan fingerprint density at radius 3 is 2.62 bits per heavy atom. The fourth-order valence-electron chi connectivity index (χ4n) is 1.99. The molecule has 0 heterocycles. The van der Waals surface area contributed by atoms with Crippen molar-refractivity contribution >= 4 is 5.97 Å². The second-order valence-electron chi connectivity index (χ2n) is 4.47. The number of carbonyl (C=O) groups is 1. The molecule has 0 aromatic carbocycles. The lowest BCUT2D eigenvalue weighted by atomic mass is 9.98. The third kappa shape index (κ3) is 6.11. The molecule has 0 N–H and O–H groups in total. The van der Waals surface area contributed by atoms with Gasteiger partial charge in [0, 0.05) is 19.6 Å². The van der Waals surface area contributed by atoms with E-state index in [1.165, 1.54) is 19.3 Å². The van der Waals surface area contributed by atoms with Gasteiger partial charge in [-0.2, -0.15) is 0 Å². The predicted molar refractivity (Wildman–Crippen MR) is 63.3 cm³/mol. The van der Waals surface area contributed by atoms with Crippen LogP contribution in [0.1, 0.15) is 58.3 Å². The number of hydrogen-bond acceptors (Lipinski definition) is 3. The third-order valence-corrected chi connectivity index (χ3v) is 2.87. The van der Waals surface area contributed by atoms with Gasteiger partial charge in [0.1, 0.15) is 6.10 Å². The van der Waals surface area contributed by atoms with Crippen LogP contribution in [0.5, 0.6) is 0 Å². The van der Waals surface area contributed by atoms with Gasteiger partial charge in [0.25, 0.3) is 0 Å². The molecule has 0 saturated heterocycles. The topological polar surface area (TPSA) is 35.5 Å². The van der Waals surface area contributed by atoms with Crippen LogP contribution >= 0.6 is 0 Å². The van der Waals surface area contributed by atoms with Crippen molar-refractivity contribution in [3.63, 3.8) is 0 Å². The van der Waals surface area contributed by atoms with Crippen molar-refractivity contribution in [2.24, 2.45) is 0 Å². The summed E-state index contributed by atoms with van der Waals surface area (Å²) < 4.78 is 10.7. The third-order valence-electron chi connectivity index (χ3n) is 2.87. The monoisotopic (exact) mass is 228 g/mol. The highest BCUT2D eigenvalue weighted by Crippen LogP contribution is 2.20. The zero-order valence-corrected chi connectivity index (χ0v) is 10.4. The highest BCUT2D eigenvalue weighted by molar-refractivity contribution is 5.69. The molecule has 0 aliphatic heterocycles. The summed E-state index contributed by atoms with van der Waals surface area (Å²) in [6, 6.07) is 0. The molecule has 1 aliphatic rings. The highest BCUT2D eigenvalue weighted by atomic mass is 16.5. The fraction of sp³-hybridized carbons (Fsp3) is 0.923. The van der Waals surface area contributed by atoms with E-state index in [0.29, 0.717) is 13.0 Å². The maximum atomic E-state index is 11.5. The molecule has 3 heteroatoms. The van der Waals surface area contributed by atoms with Crippen LogP contribution in [0.2, 0.25) is 0 Å². The first kappa shape index (κ1) is 13.5. The summed E-state index contributed by atoms with van der Waals surface area (Å²) in [5, 5.41) is 0. The van der Waals surface area contributed by atoms with Gasteiger partial charge in [-0.25, -0.2) is 0 Å². The van der Waals surface area contributed by atoms with E-state index < -0.39 is 0 Å². The molecule has 1 aliphatic carbocycles. The summed E-state index contributed by atoms with van der Waals surface area (Å²) in [5.41, 5.74) is 0. The summed E-state index contributed by atoms with van der Waals surface area (Å²) in [6.45, 7) is 3.54. The number of ether oxygens (including phenoxy) is 2. The summed E-state index contributed by atoms with van der Waals surface area (Å²) in [5.74, 6) is -0.0491. The van der Waals surface area contributed by atoms with E-state index in [9.17, 15) is 4.79 Å². The summed E-state index contributed by atoms with van der Waals surface area (Å²) in [6.07, 6.45) is 8.32. The molecule has 0 unspecified atom stereocenters. The Bertz CT molecular complexity index is 186. The van der Waals surface area contributed by atoms with Gasteiger partial charge in [0.15, 0.2) is 0 Å². The molecule has 0 atom stereocenters. The van der Waals surface area contributed by atoms with Crippen LogP contribution in [-0.2, 0) is 14.3 Å². The second-order valence-corrected chi connectivity index (χ2v) is 4.47. The molecule has 0 aromatic heterocycles. The SMILES string of the molecule is CCCOCCCC(=O)OC1CCCCC1. The second kappa shape index (κ2) is 8.57. The molecule has 16 heavy (non-hydrogen) atoms. The van der Waals surface area contributed by atoms with Gasteiger partial charge in [-0.15, -0.1) is 0 Å². The average Bonchev–Trinajstić information content (AvgIpc) is 2.30. The van der Waals surface area contributed by atoms with Gasteiger partial charge in [-0.05, 0) is 38.5 Å². The molecule has 3 nitrogen and oxygen atoms in total. The maximum Gasteiger partial charge on any atom is 0.306 e. The van der Waals surface area contributed by atoms with Crippen molar-refractivity contribution in [2.75, 3.05) is 13.2 Å². The van der Waals surface area contributed by atoms with Crippen molar-refractivity contribution in [3.8, 4) is 0 Å². The van der Waals surface area contributed by atoms with Crippen LogP contribution in [0.3, 0.4) is 0 Å². The molecule has 1 fully saturated rings. The highest BCUT2D eigenvalue weighted by Gasteiger charge is 2.17. The number of carbonyl (C=O) groups excluding carboxylic acids is 1. The Labute approximate surface area is 98.5 Å². The first-order valence-electron chi connectivity index (χ1n) is 6.60. The van der Waals surface area contributed by atoms with E-state index in [1.54, 1.807) is 0 Å². The van der Waals surface area contributed by atoms with E-state index >= 15 is 0 Å². The van der Waals surface area contributed by atoms with Gasteiger partial charge in [0.2, 0.25) is 0 Å². The van der Waals surface area contributed by atoms with E-state index in [1.807, 2.05) is 0 Å². The first-order valence-corrected chi connectivity index (χ1v) is 6.60. The van der Waals surface area contributed by atoms with E-state index in [-0.39, 0.29) is 12.1 Å². The van der Waals surface area contributed by atoms with Crippen LogP contribution in [0, 0.1) is 0 Å². The Kier molecular flexibility index (Phi) is 7.23. The molecule has 0 spiro atoms. The molecular weight excluding hydrogens is 204 g/mol.